The highest BCUT2D eigenvalue weighted by atomic mass is 127. The molecule has 1 aliphatic heterocycles. The maximum atomic E-state index is 5.43. The SMILES string of the molecule is CN=C(NCCCCN1CCN(Cc2ccccc2)CC1)NCC(C)(C)OC.I. The van der Waals surface area contributed by atoms with Crippen LogP contribution in [0.3, 0.4) is 0 Å². The first-order valence-electron chi connectivity index (χ1n) is 10.5. The van der Waals surface area contributed by atoms with Crippen molar-refractivity contribution in [2.45, 2.75) is 38.8 Å². The normalized spacial score (nSPS) is 16.3. The summed E-state index contributed by atoms with van der Waals surface area (Å²) in [5.74, 6) is 0.847. The molecule has 0 saturated carbocycles. The molecule has 1 saturated heterocycles. The fraction of sp³-hybridized carbons (Fsp3) is 0.682. The van der Waals surface area contributed by atoms with Gasteiger partial charge in [-0.25, -0.2) is 0 Å². The Morgan fingerprint density at radius 2 is 1.69 bits per heavy atom. The minimum Gasteiger partial charge on any atom is -0.377 e. The van der Waals surface area contributed by atoms with Crippen LogP contribution in [0.25, 0.3) is 0 Å². The Morgan fingerprint density at radius 1 is 1.03 bits per heavy atom. The number of unbranched alkanes of at least 4 members (excludes halogenated alkanes) is 1. The van der Waals surface area contributed by atoms with Crippen LogP contribution in [0.2, 0.25) is 0 Å². The van der Waals surface area contributed by atoms with Crippen LogP contribution >= 0.6 is 24.0 Å². The summed E-state index contributed by atoms with van der Waals surface area (Å²) in [7, 11) is 3.55. The lowest BCUT2D eigenvalue weighted by Crippen LogP contribution is -2.46. The average Bonchev–Trinajstić information content (AvgIpc) is 2.72. The molecule has 0 aromatic heterocycles. The number of rotatable bonds is 10. The molecule has 0 amide bonds. The number of benzene rings is 1. The summed E-state index contributed by atoms with van der Waals surface area (Å²) in [6.45, 7) is 12.7. The van der Waals surface area contributed by atoms with Crippen molar-refractivity contribution < 1.29 is 4.74 Å². The molecule has 7 heteroatoms. The largest absolute Gasteiger partial charge is 0.377 e. The van der Waals surface area contributed by atoms with Gasteiger partial charge in [0.25, 0.3) is 0 Å². The zero-order chi connectivity index (χ0) is 20.2. The fourth-order valence-corrected chi connectivity index (χ4v) is 3.27. The van der Waals surface area contributed by atoms with Crippen LogP contribution in [-0.4, -0.2) is 81.3 Å². The zero-order valence-electron chi connectivity index (χ0n) is 18.6. The van der Waals surface area contributed by atoms with E-state index in [1.807, 2.05) is 7.05 Å². The number of piperazine rings is 1. The molecule has 0 spiro atoms. The number of ether oxygens (including phenoxy) is 1. The lowest BCUT2D eigenvalue weighted by molar-refractivity contribution is 0.0268. The maximum Gasteiger partial charge on any atom is 0.191 e. The van der Waals surface area contributed by atoms with E-state index in [2.05, 4.69) is 69.6 Å². The number of nitrogens with zero attached hydrogens (tertiary/aromatic N) is 3. The van der Waals surface area contributed by atoms with Crippen molar-refractivity contribution in [2.75, 3.05) is 60.0 Å². The van der Waals surface area contributed by atoms with E-state index in [1.165, 1.54) is 44.7 Å². The Balaban J connectivity index is 0.00000420. The smallest absolute Gasteiger partial charge is 0.191 e. The Kier molecular flexibility index (Phi) is 12.8. The molecule has 1 aromatic rings. The summed E-state index contributed by atoms with van der Waals surface area (Å²) in [5.41, 5.74) is 1.22. The third-order valence-corrected chi connectivity index (χ3v) is 5.37. The molecule has 1 fully saturated rings. The molecular weight excluding hydrogens is 477 g/mol. The van der Waals surface area contributed by atoms with Gasteiger partial charge in [0.15, 0.2) is 5.96 Å². The number of nitrogens with one attached hydrogen (secondary N) is 2. The number of aliphatic imine (C=N–C) groups is 1. The molecule has 0 unspecified atom stereocenters. The Morgan fingerprint density at radius 3 is 2.31 bits per heavy atom. The second-order valence-electron chi connectivity index (χ2n) is 8.13. The topological polar surface area (TPSA) is 52.1 Å². The molecule has 0 atom stereocenters. The van der Waals surface area contributed by atoms with Crippen molar-refractivity contribution >= 4 is 29.9 Å². The third kappa shape index (κ3) is 10.6. The van der Waals surface area contributed by atoms with E-state index in [9.17, 15) is 0 Å². The molecule has 166 valence electrons. The molecule has 0 bridgehead atoms. The van der Waals surface area contributed by atoms with E-state index in [-0.39, 0.29) is 29.6 Å². The van der Waals surface area contributed by atoms with Gasteiger partial charge in [-0.2, -0.15) is 0 Å². The van der Waals surface area contributed by atoms with Gasteiger partial charge in [-0.3, -0.25) is 9.89 Å². The van der Waals surface area contributed by atoms with E-state index in [0.717, 1.165) is 32.0 Å². The summed E-state index contributed by atoms with van der Waals surface area (Å²) in [4.78, 5) is 9.43. The molecule has 29 heavy (non-hydrogen) atoms. The van der Waals surface area contributed by atoms with E-state index in [1.54, 1.807) is 7.11 Å². The number of hydrogen-bond donors (Lipinski definition) is 2. The minimum atomic E-state index is -0.194. The second-order valence-corrected chi connectivity index (χ2v) is 8.13. The third-order valence-electron chi connectivity index (χ3n) is 5.37. The lowest BCUT2D eigenvalue weighted by atomic mass is 10.1. The summed E-state index contributed by atoms with van der Waals surface area (Å²) in [6, 6.07) is 10.8. The molecule has 6 nitrogen and oxygen atoms in total. The number of hydrogen-bond acceptors (Lipinski definition) is 4. The molecular formula is C22H40IN5O. The highest BCUT2D eigenvalue weighted by Crippen LogP contribution is 2.09. The Hall–Kier alpha value is -0.900. The van der Waals surface area contributed by atoms with Gasteiger partial charge in [-0.15, -0.1) is 24.0 Å². The van der Waals surface area contributed by atoms with Crippen molar-refractivity contribution in [3.63, 3.8) is 0 Å². The summed E-state index contributed by atoms with van der Waals surface area (Å²) in [5, 5.41) is 6.72. The summed E-state index contributed by atoms with van der Waals surface area (Å²) < 4.78 is 5.43. The number of guanidine groups is 1. The zero-order valence-corrected chi connectivity index (χ0v) is 20.9. The van der Waals surface area contributed by atoms with Gasteiger partial charge in [0.2, 0.25) is 0 Å². The van der Waals surface area contributed by atoms with Gasteiger partial charge in [0, 0.05) is 60.0 Å². The number of methoxy groups -OCH3 is 1. The van der Waals surface area contributed by atoms with Crippen molar-refractivity contribution in [1.82, 2.24) is 20.4 Å². The van der Waals surface area contributed by atoms with Gasteiger partial charge in [0.05, 0.1) is 5.60 Å². The van der Waals surface area contributed by atoms with Crippen LogP contribution in [0.4, 0.5) is 0 Å². The highest BCUT2D eigenvalue weighted by Gasteiger charge is 2.17. The van der Waals surface area contributed by atoms with Crippen LogP contribution in [0, 0.1) is 0 Å². The van der Waals surface area contributed by atoms with E-state index < -0.39 is 0 Å². The summed E-state index contributed by atoms with van der Waals surface area (Å²) in [6.07, 6.45) is 2.37. The van der Waals surface area contributed by atoms with Crippen LogP contribution in [-0.2, 0) is 11.3 Å². The van der Waals surface area contributed by atoms with Crippen molar-refractivity contribution in [3.05, 3.63) is 35.9 Å². The summed E-state index contributed by atoms with van der Waals surface area (Å²) >= 11 is 0. The predicted octanol–water partition coefficient (Wildman–Crippen LogP) is 2.79. The highest BCUT2D eigenvalue weighted by molar-refractivity contribution is 14.0. The molecule has 1 aromatic carbocycles. The minimum absolute atomic E-state index is 0. The van der Waals surface area contributed by atoms with Crippen LogP contribution < -0.4 is 10.6 Å². The standard InChI is InChI=1S/C22H39N5O.HI/c1-22(2,28-4)19-25-21(23-3)24-12-8-9-13-26-14-16-27(17-15-26)18-20-10-6-5-7-11-20;/h5-7,10-11H,8-9,12-19H2,1-4H3,(H2,23,24,25);1H. The van der Waals surface area contributed by atoms with Gasteiger partial charge in [-0.1, -0.05) is 30.3 Å². The van der Waals surface area contributed by atoms with E-state index in [0.29, 0.717) is 0 Å². The van der Waals surface area contributed by atoms with Gasteiger partial charge >= 0.3 is 0 Å². The fourth-order valence-electron chi connectivity index (χ4n) is 3.27. The molecule has 0 radical (unpaired) electrons. The van der Waals surface area contributed by atoms with Gasteiger partial charge in [-0.05, 0) is 38.8 Å². The van der Waals surface area contributed by atoms with Crippen LogP contribution in [0.1, 0.15) is 32.3 Å². The number of halogens is 1. The average molecular weight is 518 g/mol. The quantitative estimate of drug-likeness (QED) is 0.217. The monoisotopic (exact) mass is 517 g/mol. The molecule has 2 rings (SSSR count). The van der Waals surface area contributed by atoms with Crippen LogP contribution in [0.5, 0.6) is 0 Å². The molecule has 2 N–H and O–H groups in total. The first-order chi connectivity index (χ1) is 13.5. The van der Waals surface area contributed by atoms with Crippen LogP contribution in [0.15, 0.2) is 35.3 Å². The van der Waals surface area contributed by atoms with Crippen molar-refractivity contribution in [3.8, 4) is 0 Å². The molecule has 1 aliphatic rings. The van der Waals surface area contributed by atoms with E-state index in [4.69, 9.17) is 4.74 Å². The van der Waals surface area contributed by atoms with E-state index >= 15 is 0 Å². The first kappa shape index (κ1) is 26.1. The first-order valence-corrected chi connectivity index (χ1v) is 10.5. The van der Waals surface area contributed by atoms with Crippen molar-refractivity contribution in [2.24, 2.45) is 4.99 Å². The molecule has 1 heterocycles. The molecule has 0 aliphatic carbocycles. The van der Waals surface area contributed by atoms with Crippen molar-refractivity contribution in [1.29, 1.82) is 0 Å². The maximum absolute atomic E-state index is 5.43. The van der Waals surface area contributed by atoms with Gasteiger partial charge < -0.3 is 20.3 Å². The Labute approximate surface area is 194 Å². The second kappa shape index (κ2) is 14.2. The lowest BCUT2D eigenvalue weighted by Gasteiger charge is -2.34. The van der Waals surface area contributed by atoms with Gasteiger partial charge in [0.1, 0.15) is 0 Å². The Bertz CT molecular complexity index is 574. The predicted molar refractivity (Wildman–Crippen MR) is 133 cm³/mol.